The van der Waals surface area contributed by atoms with E-state index in [0.29, 0.717) is 10.1 Å². The minimum Gasteiger partial charge on any atom is -0.359 e. The fraction of sp³-hybridized carbons (Fsp3) is 0.286. The topological polar surface area (TPSA) is 32.9 Å². The Balaban J connectivity index is 2.86. The van der Waals surface area contributed by atoms with Gasteiger partial charge < -0.3 is 4.98 Å². The first kappa shape index (κ1) is 10.3. The zero-order valence-electron chi connectivity index (χ0n) is 5.98. The van der Waals surface area contributed by atoms with Crippen LogP contribution in [0.2, 0.25) is 0 Å². The van der Waals surface area contributed by atoms with Crippen LogP contribution in [0.25, 0.3) is 0 Å². The van der Waals surface area contributed by atoms with Crippen LogP contribution in [0.15, 0.2) is 18.3 Å². The molecule has 5 heteroatoms. The molecule has 1 rings (SSSR count). The molecule has 12 heavy (non-hydrogen) atoms. The second kappa shape index (κ2) is 3.98. The smallest absolute Gasteiger partial charge is 0.215 e. The van der Waals surface area contributed by atoms with E-state index >= 15 is 0 Å². The van der Waals surface area contributed by atoms with Crippen molar-refractivity contribution in [3.05, 3.63) is 24.0 Å². The van der Waals surface area contributed by atoms with E-state index in [0.717, 1.165) is 0 Å². The quantitative estimate of drug-likeness (QED) is 0.519. The average Bonchev–Trinajstić information content (AvgIpc) is 2.55. The number of rotatable bonds is 3. The van der Waals surface area contributed by atoms with Gasteiger partial charge in [-0.3, -0.25) is 4.79 Å². The largest absolute Gasteiger partial charge is 0.359 e. The third-order valence-electron chi connectivity index (χ3n) is 1.34. The van der Waals surface area contributed by atoms with Gasteiger partial charge in [0.2, 0.25) is 5.78 Å². The number of nitrogens with one attached hydrogen (secondary N) is 1. The van der Waals surface area contributed by atoms with Crippen molar-refractivity contribution in [1.29, 1.82) is 0 Å². The third kappa shape index (κ3) is 2.14. The van der Waals surface area contributed by atoms with Gasteiger partial charge in [-0.2, -0.15) is 0 Å². The molecule has 0 fully saturated rings. The van der Waals surface area contributed by atoms with E-state index in [-0.39, 0.29) is 5.78 Å². The molecule has 0 saturated carbocycles. The van der Waals surface area contributed by atoms with Crippen LogP contribution in [0.3, 0.4) is 0 Å². The molecule has 1 N–H and O–H groups in total. The molecule has 0 aliphatic heterocycles. The number of aromatic amines is 1. The third-order valence-corrected chi connectivity index (χ3v) is 4.00. The lowest BCUT2D eigenvalue weighted by atomic mass is 10.2. The molecule has 0 unspecified atom stereocenters. The van der Waals surface area contributed by atoms with Crippen molar-refractivity contribution in [3.8, 4) is 0 Å². The number of carbonyl (C=O) groups is 1. The molecular formula is C7H6Cl2INO. The fourth-order valence-corrected chi connectivity index (χ4v) is 1.28. The van der Waals surface area contributed by atoms with Gasteiger partial charge in [-0.05, 0) is 12.1 Å². The summed E-state index contributed by atoms with van der Waals surface area (Å²) < 4.78 is -0.947. The first-order chi connectivity index (χ1) is 5.58. The van der Waals surface area contributed by atoms with Gasteiger partial charge in [-0.15, -0.1) is 0 Å². The highest BCUT2D eigenvalue weighted by atomic mass is 127. The number of hydrogen-bond donors (Lipinski definition) is 1. The molecular weight excluding hydrogens is 312 g/mol. The molecule has 0 bridgehead atoms. The fourth-order valence-electron chi connectivity index (χ4n) is 0.729. The maximum atomic E-state index is 11.5. The van der Waals surface area contributed by atoms with Crippen LogP contribution in [0.1, 0.15) is 10.5 Å². The first-order valence-corrected chi connectivity index (χ1v) is 5.48. The van der Waals surface area contributed by atoms with Gasteiger partial charge in [-0.25, -0.2) is 0 Å². The second-order valence-electron chi connectivity index (χ2n) is 2.25. The van der Waals surface area contributed by atoms with E-state index in [9.17, 15) is 4.79 Å². The molecule has 0 spiro atoms. The van der Waals surface area contributed by atoms with Gasteiger partial charge >= 0.3 is 0 Å². The minimum atomic E-state index is -1.31. The number of carbonyl (C=O) groups excluding carboxylic acids is 1. The second-order valence-corrected chi connectivity index (χ2v) is 4.50. The van der Waals surface area contributed by atoms with Crippen molar-refractivity contribution in [1.82, 2.24) is 4.98 Å². The summed E-state index contributed by atoms with van der Waals surface area (Å²) in [5, 5.41) is 0. The molecule has 0 aliphatic rings. The molecule has 0 saturated heterocycles. The summed E-state index contributed by atoms with van der Waals surface area (Å²) in [6.07, 6.45) is 1.66. The van der Waals surface area contributed by atoms with E-state index < -0.39 is 4.33 Å². The lowest BCUT2D eigenvalue weighted by molar-refractivity contribution is 0.0976. The number of ketones is 1. The molecule has 2 nitrogen and oxygen atoms in total. The van der Waals surface area contributed by atoms with Crippen LogP contribution in [0.5, 0.6) is 0 Å². The van der Waals surface area contributed by atoms with Crippen molar-refractivity contribution in [2.45, 2.75) is 4.33 Å². The number of aromatic nitrogens is 1. The Morgan fingerprint density at radius 3 is 2.75 bits per heavy atom. The molecule has 1 aromatic heterocycles. The van der Waals surface area contributed by atoms with Crippen LogP contribution in [0.4, 0.5) is 0 Å². The van der Waals surface area contributed by atoms with Gasteiger partial charge in [0.25, 0.3) is 0 Å². The van der Waals surface area contributed by atoms with Crippen LogP contribution < -0.4 is 0 Å². The Bertz CT molecular complexity index is 271. The average molecular weight is 318 g/mol. The standard InChI is InChI=1S/C7H6Cl2INO/c8-7(9,4-10)6(12)5-2-1-3-11-5/h1-3,11H,4H2. The zero-order valence-corrected chi connectivity index (χ0v) is 9.65. The van der Waals surface area contributed by atoms with E-state index in [1.807, 2.05) is 22.6 Å². The minimum absolute atomic E-state index is 0.287. The summed E-state index contributed by atoms with van der Waals surface area (Å²) in [7, 11) is 0. The van der Waals surface area contributed by atoms with Gasteiger partial charge in [0.05, 0.1) is 5.69 Å². The predicted octanol–water partition coefficient (Wildman–Crippen LogP) is 2.81. The summed E-state index contributed by atoms with van der Waals surface area (Å²) in [5.74, 6) is -0.287. The Morgan fingerprint density at radius 1 is 1.67 bits per heavy atom. The van der Waals surface area contributed by atoms with E-state index in [1.165, 1.54) is 0 Å². The lowest BCUT2D eigenvalue weighted by Crippen LogP contribution is -2.27. The van der Waals surface area contributed by atoms with Crippen molar-refractivity contribution in [2.24, 2.45) is 0 Å². The monoisotopic (exact) mass is 317 g/mol. The Morgan fingerprint density at radius 2 is 2.33 bits per heavy atom. The maximum Gasteiger partial charge on any atom is 0.215 e. The number of Topliss-reactive ketones (excluding diaryl/α,β-unsaturated/α-hetero) is 1. The maximum absolute atomic E-state index is 11.5. The summed E-state index contributed by atoms with van der Waals surface area (Å²) in [6, 6.07) is 3.37. The van der Waals surface area contributed by atoms with Gasteiger partial charge in [0, 0.05) is 10.6 Å². The number of alkyl halides is 3. The molecule has 0 aliphatic carbocycles. The highest BCUT2D eigenvalue weighted by Gasteiger charge is 2.33. The van der Waals surface area contributed by atoms with E-state index in [4.69, 9.17) is 23.2 Å². The Hall–Kier alpha value is 0.260. The van der Waals surface area contributed by atoms with Gasteiger partial charge in [0.15, 0.2) is 4.33 Å². The summed E-state index contributed by atoms with van der Waals surface area (Å²) >= 11 is 13.5. The first-order valence-electron chi connectivity index (χ1n) is 3.20. The molecule has 1 heterocycles. The van der Waals surface area contributed by atoms with Crippen LogP contribution in [0, 0.1) is 0 Å². The SMILES string of the molecule is O=C(c1ccc[nH]1)C(Cl)(Cl)CI. The molecule has 0 radical (unpaired) electrons. The van der Waals surface area contributed by atoms with Gasteiger partial charge in [0.1, 0.15) is 0 Å². The zero-order chi connectivity index (χ0) is 9.19. The number of hydrogen-bond acceptors (Lipinski definition) is 1. The van der Waals surface area contributed by atoms with E-state index in [2.05, 4.69) is 4.98 Å². The van der Waals surface area contributed by atoms with Crippen molar-refractivity contribution >= 4 is 51.6 Å². The predicted molar refractivity (Wildman–Crippen MR) is 58.4 cm³/mol. The van der Waals surface area contributed by atoms with Crippen molar-refractivity contribution in [3.63, 3.8) is 0 Å². The van der Waals surface area contributed by atoms with Gasteiger partial charge in [-0.1, -0.05) is 45.8 Å². The molecule has 0 aromatic carbocycles. The molecule has 66 valence electrons. The molecule has 0 amide bonds. The highest BCUT2D eigenvalue weighted by Crippen LogP contribution is 2.27. The normalized spacial score (nSPS) is 11.6. The Kier molecular flexibility index (Phi) is 3.43. The Labute approximate surface area is 93.8 Å². The highest BCUT2D eigenvalue weighted by molar-refractivity contribution is 14.1. The van der Waals surface area contributed by atoms with Crippen molar-refractivity contribution < 1.29 is 4.79 Å². The molecule has 1 aromatic rings. The molecule has 0 atom stereocenters. The number of halogens is 3. The van der Waals surface area contributed by atoms with Crippen LogP contribution in [-0.4, -0.2) is 19.5 Å². The van der Waals surface area contributed by atoms with Crippen LogP contribution in [-0.2, 0) is 0 Å². The van der Waals surface area contributed by atoms with Crippen LogP contribution >= 0.6 is 45.8 Å². The van der Waals surface area contributed by atoms with E-state index in [1.54, 1.807) is 18.3 Å². The van der Waals surface area contributed by atoms with Crippen molar-refractivity contribution in [2.75, 3.05) is 4.43 Å². The summed E-state index contributed by atoms with van der Waals surface area (Å²) in [5.41, 5.74) is 0.441. The number of H-pyrrole nitrogens is 1. The summed E-state index contributed by atoms with van der Waals surface area (Å²) in [6.45, 7) is 0. The summed E-state index contributed by atoms with van der Waals surface area (Å²) in [4.78, 5) is 14.2. The lowest BCUT2D eigenvalue weighted by Gasteiger charge is -2.12.